The summed E-state index contributed by atoms with van der Waals surface area (Å²) in [6.45, 7) is 4.68. The predicted octanol–water partition coefficient (Wildman–Crippen LogP) is 2.98. The average Bonchev–Trinajstić information content (AvgIpc) is 2.87. The number of aromatic hydroxyl groups is 1. The van der Waals surface area contributed by atoms with E-state index in [2.05, 4.69) is 0 Å². The smallest absolute Gasteiger partial charge is 0.160 e. The SMILES string of the molecule is C1CCOC1.CCCOc1ccccc1O. The van der Waals surface area contributed by atoms with E-state index in [0.717, 1.165) is 19.6 Å². The fraction of sp³-hybridized carbons (Fsp3) is 0.538. The molecule has 0 atom stereocenters. The van der Waals surface area contributed by atoms with E-state index in [4.69, 9.17) is 9.47 Å². The minimum absolute atomic E-state index is 0.209. The molecule has 0 saturated carbocycles. The first-order valence-corrected chi connectivity index (χ1v) is 5.83. The highest BCUT2D eigenvalue weighted by Gasteiger charge is 1.97. The van der Waals surface area contributed by atoms with Crippen LogP contribution in [0.2, 0.25) is 0 Å². The Morgan fingerprint density at radius 2 is 1.94 bits per heavy atom. The Bertz CT molecular complexity index is 275. The van der Waals surface area contributed by atoms with Crippen LogP contribution in [-0.4, -0.2) is 24.9 Å². The van der Waals surface area contributed by atoms with Crippen molar-refractivity contribution in [2.45, 2.75) is 26.2 Å². The van der Waals surface area contributed by atoms with Crippen molar-refractivity contribution in [3.63, 3.8) is 0 Å². The monoisotopic (exact) mass is 224 g/mol. The summed E-state index contributed by atoms with van der Waals surface area (Å²) in [6, 6.07) is 6.98. The zero-order valence-electron chi connectivity index (χ0n) is 9.82. The van der Waals surface area contributed by atoms with Crippen LogP contribution in [0, 0.1) is 0 Å². The van der Waals surface area contributed by atoms with E-state index in [-0.39, 0.29) is 5.75 Å². The molecule has 0 aromatic heterocycles. The molecular weight excluding hydrogens is 204 g/mol. The van der Waals surface area contributed by atoms with Gasteiger partial charge in [-0.2, -0.15) is 0 Å². The van der Waals surface area contributed by atoms with Gasteiger partial charge in [-0.1, -0.05) is 19.1 Å². The second kappa shape index (κ2) is 7.99. The molecule has 0 amide bonds. The third kappa shape index (κ3) is 5.03. The van der Waals surface area contributed by atoms with Crippen LogP contribution in [0.3, 0.4) is 0 Å². The van der Waals surface area contributed by atoms with E-state index in [1.54, 1.807) is 18.2 Å². The van der Waals surface area contributed by atoms with Crippen molar-refractivity contribution in [1.82, 2.24) is 0 Å². The summed E-state index contributed by atoms with van der Waals surface area (Å²) >= 11 is 0. The van der Waals surface area contributed by atoms with Gasteiger partial charge in [0, 0.05) is 13.2 Å². The molecule has 0 radical (unpaired) electrons. The zero-order chi connectivity index (χ0) is 11.6. The van der Waals surface area contributed by atoms with Gasteiger partial charge >= 0.3 is 0 Å². The maximum absolute atomic E-state index is 9.21. The molecule has 1 aliphatic rings. The standard InChI is InChI=1S/C9H12O2.C4H8O/c1-2-7-11-9-6-4-3-5-8(9)10;1-2-4-5-3-1/h3-6,10H,2,7H2,1H3;1-4H2. The Hall–Kier alpha value is -1.22. The van der Waals surface area contributed by atoms with E-state index in [1.807, 2.05) is 13.0 Å². The van der Waals surface area contributed by atoms with E-state index >= 15 is 0 Å². The summed E-state index contributed by atoms with van der Waals surface area (Å²) < 4.78 is 10.2. The van der Waals surface area contributed by atoms with Crippen molar-refractivity contribution >= 4 is 0 Å². The summed E-state index contributed by atoms with van der Waals surface area (Å²) in [5.74, 6) is 0.773. The van der Waals surface area contributed by atoms with Crippen molar-refractivity contribution in [3.8, 4) is 11.5 Å². The molecule has 16 heavy (non-hydrogen) atoms. The lowest BCUT2D eigenvalue weighted by molar-refractivity contribution is 0.198. The van der Waals surface area contributed by atoms with Crippen LogP contribution < -0.4 is 4.74 Å². The highest BCUT2D eigenvalue weighted by molar-refractivity contribution is 5.37. The molecule has 0 unspecified atom stereocenters. The second-order valence-corrected chi connectivity index (χ2v) is 3.64. The topological polar surface area (TPSA) is 38.7 Å². The van der Waals surface area contributed by atoms with Gasteiger partial charge in [0.1, 0.15) is 0 Å². The maximum Gasteiger partial charge on any atom is 0.160 e. The number of ether oxygens (including phenoxy) is 2. The second-order valence-electron chi connectivity index (χ2n) is 3.64. The zero-order valence-corrected chi connectivity index (χ0v) is 9.82. The molecule has 1 aliphatic heterocycles. The molecule has 0 spiro atoms. The van der Waals surface area contributed by atoms with Crippen LogP contribution in [0.4, 0.5) is 0 Å². The third-order valence-electron chi connectivity index (χ3n) is 2.15. The molecular formula is C13H20O3. The number of hydrogen-bond acceptors (Lipinski definition) is 3. The summed E-state index contributed by atoms with van der Waals surface area (Å²) in [5, 5.41) is 9.21. The third-order valence-corrected chi connectivity index (χ3v) is 2.15. The van der Waals surface area contributed by atoms with Crippen molar-refractivity contribution in [3.05, 3.63) is 24.3 Å². The minimum atomic E-state index is 0.209. The first-order chi connectivity index (χ1) is 7.84. The first-order valence-electron chi connectivity index (χ1n) is 5.83. The quantitative estimate of drug-likeness (QED) is 0.857. The van der Waals surface area contributed by atoms with Crippen LogP contribution in [0.5, 0.6) is 11.5 Å². The Kier molecular flexibility index (Phi) is 6.42. The van der Waals surface area contributed by atoms with E-state index in [1.165, 1.54) is 12.8 Å². The Labute approximate surface area is 97.0 Å². The number of phenolic OH excluding ortho intramolecular Hbond substituents is 1. The van der Waals surface area contributed by atoms with Crippen molar-refractivity contribution in [2.75, 3.05) is 19.8 Å². The van der Waals surface area contributed by atoms with Gasteiger partial charge in [-0.25, -0.2) is 0 Å². The van der Waals surface area contributed by atoms with Gasteiger partial charge in [-0.15, -0.1) is 0 Å². The molecule has 3 heteroatoms. The number of rotatable bonds is 3. The van der Waals surface area contributed by atoms with Crippen molar-refractivity contribution in [1.29, 1.82) is 0 Å². The van der Waals surface area contributed by atoms with Crippen molar-refractivity contribution < 1.29 is 14.6 Å². The fourth-order valence-electron chi connectivity index (χ4n) is 1.30. The molecule has 90 valence electrons. The van der Waals surface area contributed by atoms with Gasteiger partial charge in [0.05, 0.1) is 6.61 Å². The first kappa shape index (κ1) is 12.8. The van der Waals surface area contributed by atoms with Gasteiger partial charge in [0.15, 0.2) is 11.5 Å². The number of phenols is 1. The van der Waals surface area contributed by atoms with Gasteiger partial charge < -0.3 is 14.6 Å². The molecule has 1 heterocycles. The normalized spacial score (nSPS) is 14.1. The minimum Gasteiger partial charge on any atom is -0.504 e. The number of benzene rings is 1. The highest BCUT2D eigenvalue weighted by Crippen LogP contribution is 2.24. The van der Waals surface area contributed by atoms with E-state index in [0.29, 0.717) is 12.4 Å². The molecule has 1 N–H and O–H groups in total. The average molecular weight is 224 g/mol. The van der Waals surface area contributed by atoms with E-state index in [9.17, 15) is 5.11 Å². The molecule has 0 aliphatic carbocycles. The van der Waals surface area contributed by atoms with Crippen LogP contribution in [0.15, 0.2) is 24.3 Å². The largest absolute Gasteiger partial charge is 0.504 e. The van der Waals surface area contributed by atoms with Gasteiger partial charge in [-0.05, 0) is 31.4 Å². The van der Waals surface area contributed by atoms with Crippen LogP contribution in [0.25, 0.3) is 0 Å². The summed E-state index contributed by atoms with van der Waals surface area (Å²) in [4.78, 5) is 0. The lowest BCUT2D eigenvalue weighted by atomic mass is 10.3. The summed E-state index contributed by atoms with van der Waals surface area (Å²) in [7, 11) is 0. The molecule has 1 aromatic rings. The Balaban J connectivity index is 0.000000212. The summed E-state index contributed by atoms with van der Waals surface area (Å²) in [6.07, 6.45) is 3.51. The highest BCUT2D eigenvalue weighted by atomic mass is 16.5. The van der Waals surface area contributed by atoms with Crippen LogP contribution in [0.1, 0.15) is 26.2 Å². The Morgan fingerprint density at radius 1 is 1.25 bits per heavy atom. The molecule has 1 aromatic carbocycles. The van der Waals surface area contributed by atoms with Gasteiger partial charge in [-0.3, -0.25) is 0 Å². The van der Waals surface area contributed by atoms with Crippen LogP contribution in [-0.2, 0) is 4.74 Å². The van der Waals surface area contributed by atoms with Gasteiger partial charge in [0.2, 0.25) is 0 Å². The Morgan fingerprint density at radius 3 is 2.44 bits per heavy atom. The number of hydrogen-bond donors (Lipinski definition) is 1. The van der Waals surface area contributed by atoms with Gasteiger partial charge in [0.25, 0.3) is 0 Å². The molecule has 2 rings (SSSR count). The molecule has 1 fully saturated rings. The van der Waals surface area contributed by atoms with Crippen molar-refractivity contribution in [2.24, 2.45) is 0 Å². The lowest BCUT2D eigenvalue weighted by Gasteiger charge is -2.04. The predicted molar refractivity (Wildman–Crippen MR) is 63.9 cm³/mol. The summed E-state index contributed by atoms with van der Waals surface area (Å²) in [5.41, 5.74) is 0. The fourth-order valence-corrected chi connectivity index (χ4v) is 1.30. The maximum atomic E-state index is 9.21. The van der Waals surface area contributed by atoms with E-state index < -0.39 is 0 Å². The molecule has 1 saturated heterocycles. The lowest BCUT2D eigenvalue weighted by Crippen LogP contribution is -1.94. The molecule has 0 bridgehead atoms. The van der Waals surface area contributed by atoms with Crippen LogP contribution >= 0.6 is 0 Å². The number of para-hydroxylation sites is 2. The molecule has 3 nitrogen and oxygen atoms in total.